The molecule has 3 rings (SSSR count). The summed E-state index contributed by atoms with van der Waals surface area (Å²) in [5, 5.41) is 11.8. The van der Waals surface area contributed by atoms with Gasteiger partial charge in [0.25, 0.3) is 0 Å². The van der Waals surface area contributed by atoms with Crippen LogP contribution in [0.4, 0.5) is 13.2 Å². The average molecular weight is 403 g/mol. The van der Waals surface area contributed by atoms with Gasteiger partial charge in [0.05, 0.1) is 5.56 Å². The van der Waals surface area contributed by atoms with Crippen LogP contribution in [0, 0.1) is 0 Å². The van der Waals surface area contributed by atoms with Crippen LogP contribution in [0.1, 0.15) is 31.0 Å². The fourth-order valence-corrected chi connectivity index (χ4v) is 2.85. The van der Waals surface area contributed by atoms with E-state index in [-0.39, 0.29) is 17.3 Å². The van der Waals surface area contributed by atoms with Gasteiger partial charge < -0.3 is 4.90 Å². The number of carbonyl (C=O) groups excluding carboxylic acids is 1. The molecular weight excluding hydrogens is 383 g/mol. The van der Waals surface area contributed by atoms with Crippen molar-refractivity contribution in [2.45, 2.75) is 32.6 Å². The van der Waals surface area contributed by atoms with E-state index in [2.05, 4.69) is 15.4 Å². The Morgan fingerprint density at radius 3 is 2.52 bits per heavy atom. The molecule has 29 heavy (non-hydrogen) atoms. The number of likely N-dealkylation sites (N-methyl/N-ethyl adjacent to an activating group) is 1. The van der Waals surface area contributed by atoms with Crippen molar-refractivity contribution in [3.05, 3.63) is 65.7 Å². The maximum absolute atomic E-state index is 12.9. The number of alkyl halides is 3. The Bertz CT molecular complexity index is 972. The summed E-state index contributed by atoms with van der Waals surface area (Å²) < 4.78 is 38.8. The molecule has 0 radical (unpaired) electrons. The van der Waals surface area contributed by atoms with Crippen LogP contribution in [0.25, 0.3) is 11.4 Å². The minimum Gasteiger partial charge on any atom is -0.337 e. The molecule has 0 aliphatic heterocycles. The lowest BCUT2D eigenvalue weighted by atomic mass is 10.1. The van der Waals surface area contributed by atoms with E-state index in [9.17, 15) is 18.0 Å². The van der Waals surface area contributed by atoms with Crippen molar-refractivity contribution in [1.29, 1.82) is 0 Å². The predicted octanol–water partition coefficient (Wildman–Crippen LogP) is 3.97. The summed E-state index contributed by atoms with van der Waals surface area (Å²) in [5.41, 5.74) is 0.379. The summed E-state index contributed by atoms with van der Waals surface area (Å²) in [6.07, 6.45) is -4.46. The van der Waals surface area contributed by atoms with Crippen molar-refractivity contribution in [2.75, 3.05) is 6.54 Å². The molecule has 0 aliphatic rings. The number of hydrogen-bond donors (Lipinski definition) is 0. The summed E-state index contributed by atoms with van der Waals surface area (Å²) in [6, 6.07) is 13.5. The molecule has 0 saturated carbocycles. The molecule has 1 atom stereocenters. The molecule has 1 amide bonds. The Kier molecular flexibility index (Phi) is 5.95. The number of benzene rings is 2. The molecule has 1 unspecified atom stereocenters. The maximum atomic E-state index is 12.9. The Labute approximate surface area is 166 Å². The van der Waals surface area contributed by atoms with Crippen LogP contribution in [-0.4, -0.2) is 37.6 Å². The fraction of sp³-hybridized carbons (Fsp3) is 0.300. The Morgan fingerprint density at radius 2 is 1.86 bits per heavy atom. The first-order valence-electron chi connectivity index (χ1n) is 9.09. The minimum absolute atomic E-state index is 0.0295. The van der Waals surface area contributed by atoms with E-state index in [1.165, 1.54) is 12.1 Å². The number of rotatable bonds is 6. The first-order chi connectivity index (χ1) is 13.8. The lowest BCUT2D eigenvalue weighted by Crippen LogP contribution is -2.36. The fourth-order valence-electron chi connectivity index (χ4n) is 2.85. The Morgan fingerprint density at radius 1 is 1.14 bits per heavy atom. The van der Waals surface area contributed by atoms with Gasteiger partial charge >= 0.3 is 6.18 Å². The zero-order valence-corrected chi connectivity index (χ0v) is 16.0. The van der Waals surface area contributed by atoms with Crippen molar-refractivity contribution in [3.63, 3.8) is 0 Å². The van der Waals surface area contributed by atoms with E-state index in [1.54, 1.807) is 11.8 Å². The van der Waals surface area contributed by atoms with Gasteiger partial charge in [0.1, 0.15) is 6.04 Å². The highest BCUT2D eigenvalue weighted by molar-refractivity contribution is 5.79. The van der Waals surface area contributed by atoms with Gasteiger partial charge in [-0.2, -0.15) is 18.0 Å². The van der Waals surface area contributed by atoms with Crippen LogP contribution in [0.5, 0.6) is 0 Å². The van der Waals surface area contributed by atoms with Gasteiger partial charge in [0.2, 0.25) is 11.7 Å². The molecule has 0 spiro atoms. The molecule has 0 saturated heterocycles. The van der Waals surface area contributed by atoms with E-state index in [1.807, 2.05) is 37.3 Å². The third-order valence-electron chi connectivity index (χ3n) is 4.49. The van der Waals surface area contributed by atoms with Crippen LogP contribution in [0.3, 0.4) is 0 Å². The van der Waals surface area contributed by atoms with E-state index < -0.39 is 17.8 Å². The number of aromatic nitrogens is 4. The number of hydrogen-bond acceptors (Lipinski definition) is 4. The number of halogens is 3. The van der Waals surface area contributed by atoms with Crippen molar-refractivity contribution in [3.8, 4) is 11.4 Å². The third-order valence-corrected chi connectivity index (χ3v) is 4.49. The summed E-state index contributed by atoms with van der Waals surface area (Å²) in [7, 11) is 0. The Hall–Kier alpha value is -3.23. The summed E-state index contributed by atoms with van der Waals surface area (Å²) >= 11 is 0. The van der Waals surface area contributed by atoms with E-state index >= 15 is 0 Å². The van der Waals surface area contributed by atoms with Crippen LogP contribution in [-0.2, 0) is 17.5 Å². The van der Waals surface area contributed by atoms with Crippen molar-refractivity contribution >= 4 is 5.91 Å². The number of tetrazole rings is 1. The monoisotopic (exact) mass is 403 g/mol. The quantitative estimate of drug-likeness (QED) is 0.625. The molecule has 0 aliphatic carbocycles. The molecule has 1 aromatic heterocycles. The molecule has 6 nitrogen and oxygen atoms in total. The Balaban J connectivity index is 1.78. The van der Waals surface area contributed by atoms with Crippen LogP contribution < -0.4 is 0 Å². The largest absolute Gasteiger partial charge is 0.416 e. The molecule has 0 fully saturated rings. The van der Waals surface area contributed by atoms with Crippen molar-refractivity contribution < 1.29 is 18.0 Å². The molecule has 0 N–H and O–H groups in total. The summed E-state index contributed by atoms with van der Waals surface area (Å²) in [5.74, 6) is -0.175. The lowest BCUT2D eigenvalue weighted by Gasteiger charge is -2.23. The topological polar surface area (TPSA) is 63.9 Å². The molecule has 2 aromatic carbocycles. The van der Waals surface area contributed by atoms with Gasteiger partial charge in [-0.1, -0.05) is 42.5 Å². The third kappa shape index (κ3) is 4.79. The van der Waals surface area contributed by atoms with Crippen LogP contribution in [0.15, 0.2) is 54.6 Å². The molecule has 1 heterocycles. The van der Waals surface area contributed by atoms with Crippen molar-refractivity contribution in [2.24, 2.45) is 0 Å². The molecule has 152 valence electrons. The van der Waals surface area contributed by atoms with Gasteiger partial charge in [0.15, 0.2) is 0 Å². The zero-order valence-electron chi connectivity index (χ0n) is 16.0. The first-order valence-corrected chi connectivity index (χ1v) is 9.09. The minimum atomic E-state index is -4.46. The van der Waals surface area contributed by atoms with Gasteiger partial charge in [0, 0.05) is 18.7 Å². The van der Waals surface area contributed by atoms with Gasteiger partial charge in [-0.05, 0) is 36.8 Å². The second-order valence-corrected chi connectivity index (χ2v) is 6.53. The van der Waals surface area contributed by atoms with Gasteiger partial charge in [-0.25, -0.2) is 0 Å². The van der Waals surface area contributed by atoms with Gasteiger partial charge in [-0.3, -0.25) is 4.79 Å². The van der Waals surface area contributed by atoms with Crippen LogP contribution >= 0.6 is 0 Å². The zero-order chi connectivity index (χ0) is 21.0. The van der Waals surface area contributed by atoms with Gasteiger partial charge in [-0.15, -0.1) is 10.2 Å². The first kappa shape index (κ1) is 20.5. The number of amides is 1. The van der Waals surface area contributed by atoms with Crippen molar-refractivity contribution in [1.82, 2.24) is 25.1 Å². The smallest absolute Gasteiger partial charge is 0.337 e. The number of nitrogens with zero attached hydrogens (tertiary/aromatic N) is 5. The molecular formula is C20H20F3N5O. The summed E-state index contributed by atoms with van der Waals surface area (Å²) in [6.45, 7) is 4.44. The highest BCUT2D eigenvalue weighted by Crippen LogP contribution is 2.31. The molecule has 3 aromatic rings. The highest BCUT2D eigenvalue weighted by atomic mass is 19.4. The second kappa shape index (κ2) is 8.42. The molecule has 0 bridgehead atoms. The average Bonchev–Trinajstić information content (AvgIpc) is 3.21. The standard InChI is InChI=1S/C20H20F3N5O/c1-3-27(13-15-8-5-4-6-9-15)19(29)14(2)28-25-18(24-26-28)16-10-7-11-17(12-16)20(21,22)23/h4-12,14H,3,13H2,1-2H3. The summed E-state index contributed by atoms with van der Waals surface area (Å²) in [4.78, 5) is 15.6. The van der Waals surface area contributed by atoms with E-state index in [0.717, 1.165) is 22.5 Å². The second-order valence-electron chi connectivity index (χ2n) is 6.53. The predicted molar refractivity (Wildman–Crippen MR) is 100 cm³/mol. The normalized spacial score (nSPS) is 12.6. The highest BCUT2D eigenvalue weighted by Gasteiger charge is 2.31. The SMILES string of the molecule is CCN(Cc1ccccc1)C(=O)C(C)n1nnc(-c2cccc(C(F)(F)F)c2)n1. The lowest BCUT2D eigenvalue weighted by molar-refractivity contribution is -0.137. The number of carbonyl (C=O) groups is 1. The molecule has 9 heteroatoms. The van der Waals surface area contributed by atoms with E-state index in [4.69, 9.17) is 0 Å². The maximum Gasteiger partial charge on any atom is 0.416 e. The van der Waals surface area contributed by atoms with Crippen LogP contribution in [0.2, 0.25) is 0 Å². The van der Waals surface area contributed by atoms with E-state index in [0.29, 0.717) is 13.1 Å².